The van der Waals surface area contributed by atoms with Crippen LogP contribution in [0.4, 0.5) is 0 Å². The van der Waals surface area contributed by atoms with Gasteiger partial charge in [0.05, 0.1) is 17.7 Å². The molecule has 0 aliphatic heterocycles. The third kappa shape index (κ3) is 2.85. The predicted molar refractivity (Wildman–Crippen MR) is 84.1 cm³/mol. The lowest BCUT2D eigenvalue weighted by molar-refractivity contribution is -0.124. The zero-order valence-corrected chi connectivity index (χ0v) is 13.1. The topological polar surface area (TPSA) is 77.2 Å². The average Bonchev–Trinajstić information content (AvgIpc) is 2.86. The SMILES string of the molecule is CC(=O)CC(=O)CSc1nc2ccccc2c2nc(C)nn12. The number of hydrogen-bond acceptors (Lipinski definition) is 6. The van der Waals surface area contributed by atoms with Crippen molar-refractivity contribution in [1.82, 2.24) is 19.6 Å². The molecule has 0 bridgehead atoms. The van der Waals surface area contributed by atoms with E-state index in [4.69, 9.17) is 0 Å². The number of Topliss-reactive ketones (excluding diaryl/α,β-unsaturated/α-hetero) is 2. The van der Waals surface area contributed by atoms with Crippen LogP contribution in [0.25, 0.3) is 16.6 Å². The fourth-order valence-electron chi connectivity index (χ4n) is 2.20. The highest BCUT2D eigenvalue weighted by atomic mass is 32.2. The average molecular weight is 314 g/mol. The van der Waals surface area contributed by atoms with E-state index in [-0.39, 0.29) is 23.7 Å². The number of carbonyl (C=O) groups is 2. The van der Waals surface area contributed by atoms with E-state index >= 15 is 0 Å². The Morgan fingerprint density at radius 3 is 2.77 bits per heavy atom. The second kappa shape index (κ2) is 5.84. The molecule has 0 aliphatic rings. The summed E-state index contributed by atoms with van der Waals surface area (Å²) in [7, 11) is 0. The molecule has 0 spiro atoms. The first-order valence-electron chi connectivity index (χ1n) is 6.80. The minimum absolute atomic E-state index is 0.0416. The molecule has 2 aromatic heterocycles. The summed E-state index contributed by atoms with van der Waals surface area (Å²) in [5.74, 6) is 0.602. The van der Waals surface area contributed by atoms with E-state index in [0.717, 1.165) is 16.6 Å². The molecule has 0 fully saturated rings. The molecule has 0 radical (unpaired) electrons. The van der Waals surface area contributed by atoms with Crippen molar-refractivity contribution in [2.24, 2.45) is 0 Å². The van der Waals surface area contributed by atoms with Crippen molar-refractivity contribution in [3.8, 4) is 0 Å². The van der Waals surface area contributed by atoms with Gasteiger partial charge in [0.15, 0.2) is 16.6 Å². The van der Waals surface area contributed by atoms with Gasteiger partial charge in [0.2, 0.25) is 0 Å². The molecule has 0 saturated heterocycles. The molecular formula is C15H14N4O2S. The fourth-order valence-corrected chi connectivity index (χ4v) is 3.01. The summed E-state index contributed by atoms with van der Waals surface area (Å²) in [5, 5.41) is 5.87. The quantitative estimate of drug-likeness (QED) is 0.408. The van der Waals surface area contributed by atoms with Gasteiger partial charge in [-0.1, -0.05) is 23.9 Å². The van der Waals surface area contributed by atoms with Crippen LogP contribution in [-0.4, -0.2) is 36.9 Å². The highest BCUT2D eigenvalue weighted by Gasteiger charge is 2.14. The number of benzene rings is 1. The number of ketones is 2. The Morgan fingerprint density at radius 2 is 2.00 bits per heavy atom. The normalized spacial score (nSPS) is 11.2. The van der Waals surface area contributed by atoms with Gasteiger partial charge in [0.25, 0.3) is 0 Å². The first-order valence-corrected chi connectivity index (χ1v) is 7.79. The highest BCUT2D eigenvalue weighted by molar-refractivity contribution is 7.99. The number of nitrogens with zero attached hydrogens (tertiary/aromatic N) is 4. The number of hydrogen-bond donors (Lipinski definition) is 0. The number of aryl methyl sites for hydroxylation is 1. The number of para-hydroxylation sites is 1. The van der Waals surface area contributed by atoms with Crippen LogP contribution in [0.15, 0.2) is 29.4 Å². The number of carbonyl (C=O) groups excluding carboxylic acids is 2. The molecule has 0 unspecified atom stereocenters. The molecule has 0 saturated carbocycles. The van der Waals surface area contributed by atoms with Crippen LogP contribution < -0.4 is 0 Å². The Balaban J connectivity index is 2.00. The van der Waals surface area contributed by atoms with E-state index in [1.165, 1.54) is 18.7 Å². The van der Waals surface area contributed by atoms with Crippen LogP contribution in [0.5, 0.6) is 0 Å². The van der Waals surface area contributed by atoms with Crippen LogP contribution >= 0.6 is 11.8 Å². The Bertz CT molecular complexity index is 888. The minimum atomic E-state index is -0.126. The maximum absolute atomic E-state index is 11.7. The molecule has 0 N–H and O–H groups in total. The first-order chi connectivity index (χ1) is 10.5. The fraction of sp³-hybridized carbons (Fsp3) is 0.267. The number of fused-ring (bicyclic) bond motifs is 3. The van der Waals surface area contributed by atoms with Gasteiger partial charge < -0.3 is 0 Å². The Kier molecular flexibility index (Phi) is 3.89. The molecule has 6 nitrogen and oxygen atoms in total. The summed E-state index contributed by atoms with van der Waals surface area (Å²) >= 11 is 1.28. The van der Waals surface area contributed by atoms with Gasteiger partial charge in [-0.2, -0.15) is 4.52 Å². The van der Waals surface area contributed by atoms with E-state index in [0.29, 0.717) is 11.0 Å². The lowest BCUT2D eigenvalue weighted by Gasteiger charge is -2.05. The van der Waals surface area contributed by atoms with Gasteiger partial charge in [-0.05, 0) is 26.0 Å². The largest absolute Gasteiger partial charge is 0.300 e. The van der Waals surface area contributed by atoms with Gasteiger partial charge in [0.1, 0.15) is 11.6 Å². The Hall–Kier alpha value is -2.28. The van der Waals surface area contributed by atoms with Crippen LogP contribution in [0.1, 0.15) is 19.2 Å². The molecule has 0 aliphatic carbocycles. The van der Waals surface area contributed by atoms with Gasteiger partial charge in [-0.15, -0.1) is 5.10 Å². The standard InChI is InChI=1S/C15H14N4O2S/c1-9(20)7-11(21)8-22-15-17-13-6-4-3-5-12(13)14-16-10(2)18-19(14)15/h3-6H,7-8H2,1-2H3. The zero-order valence-electron chi connectivity index (χ0n) is 12.2. The molecule has 0 atom stereocenters. The third-order valence-corrected chi connectivity index (χ3v) is 4.05. The maximum atomic E-state index is 11.7. The minimum Gasteiger partial charge on any atom is -0.300 e. The molecule has 3 aromatic rings. The van der Waals surface area contributed by atoms with Crippen LogP contribution in [0, 0.1) is 6.92 Å². The lowest BCUT2D eigenvalue weighted by atomic mass is 10.2. The summed E-state index contributed by atoms with van der Waals surface area (Å²) in [4.78, 5) is 31.7. The van der Waals surface area contributed by atoms with Gasteiger partial charge >= 0.3 is 0 Å². The second-order valence-corrected chi connectivity index (χ2v) is 5.95. The van der Waals surface area contributed by atoms with E-state index in [1.54, 1.807) is 4.52 Å². The molecule has 1 aromatic carbocycles. The van der Waals surface area contributed by atoms with Crippen molar-refractivity contribution in [3.05, 3.63) is 30.1 Å². The molecule has 22 heavy (non-hydrogen) atoms. The maximum Gasteiger partial charge on any atom is 0.191 e. The van der Waals surface area contributed by atoms with Crippen molar-refractivity contribution < 1.29 is 9.59 Å². The van der Waals surface area contributed by atoms with Crippen molar-refractivity contribution >= 4 is 39.9 Å². The smallest absolute Gasteiger partial charge is 0.191 e. The Morgan fingerprint density at radius 1 is 1.23 bits per heavy atom. The summed E-state index contributed by atoms with van der Waals surface area (Å²) in [6.45, 7) is 3.23. The van der Waals surface area contributed by atoms with E-state index in [2.05, 4.69) is 15.1 Å². The summed E-state index contributed by atoms with van der Waals surface area (Å²) in [6.07, 6.45) is -0.0416. The molecule has 7 heteroatoms. The van der Waals surface area contributed by atoms with Crippen LogP contribution in [0.3, 0.4) is 0 Å². The molecule has 0 amide bonds. The number of aromatic nitrogens is 4. The lowest BCUT2D eigenvalue weighted by Crippen LogP contribution is -2.08. The third-order valence-electron chi connectivity index (χ3n) is 3.06. The Labute approximate surface area is 130 Å². The van der Waals surface area contributed by atoms with Crippen molar-refractivity contribution in [1.29, 1.82) is 0 Å². The van der Waals surface area contributed by atoms with Gasteiger partial charge in [-0.3, -0.25) is 9.59 Å². The zero-order chi connectivity index (χ0) is 15.7. The van der Waals surface area contributed by atoms with E-state index in [1.807, 2.05) is 31.2 Å². The predicted octanol–water partition coefficient (Wildman–Crippen LogP) is 2.23. The van der Waals surface area contributed by atoms with E-state index in [9.17, 15) is 9.59 Å². The number of thioether (sulfide) groups is 1. The first kappa shape index (κ1) is 14.6. The molecule has 2 heterocycles. The van der Waals surface area contributed by atoms with Crippen molar-refractivity contribution in [2.75, 3.05) is 5.75 Å². The van der Waals surface area contributed by atoms with Gasteiger partial charge in [-0.25, -0.2) is 9.97 Å². The summed E-state index contributed by atoms with van der Waals surface area (Å²) in [6, 6.07) is 7.68. The van der Waals surface area contributed by atoms with Crippen LogP contribution in [0.2, 0.25) is 0 Å². The second-order valence-electron chi connectivity index (χ2n) is 5.01. The molecule has 3 rings (SSSR count). The van der Waals surface area contributed by atoms with Crippen LogP contribution in [-0.2, 0) is 9.59 Å². The molecule has 112 valence electrons. The molecular weight excluding hydrogens is 300 g/mol. The summed E-state index contributed by atoms with van der Waals surface area (Å²) < 4.78 is 1.66. The highest BCUT2D eigenvalue weighted by Crippen LogP contribution is 2.23. The van der Waals surface area contributed by atoms with Gasteiger partial charge in [0, 0.05) is 5.39 Å². The monoisotopic (exact) mass is 314 g/mol. The van der Waals surface area contributed by atoms with Crippen molar-refractivity contribution in [2.45, 2.75) is 25.4 Å². The van der Waals surface area contributed by atoms with E-state index < -0.39 is 0 Å². The summed E-state index contributed by atoms with van der Waals surface area (Å²) in [5.41, 5.74) is 1.54. The number of rotatable bonds is 5. The van der Waals surface area contributed by atoms with Crippen molar-refractivity contribution in [3.63, 3.8) is 0 Å².